The first kappa shape index (κ1) is 10.0. The third kappa shape index (κ3) is 2.46. The normalized spacial score (nSPS) is 22.0. The SMILES string of the molecule is CC(C)CNC1(CN)CCCC1. The Hall–Kier alpha value is -0.0800. The van der Waals surface area contributed by atoms with E-state index in [0.29, 0.717) is 5.54 Å². The molecule has 2 heteroatoms. The summed E-state index contributed by atoms with van der Waals surface area (Å²) in [5.41, 5.74) is 6.09. The molecule has 0 atom stereocenters. The minimum absolute atomic E-state index is 0.296. The molecule has 12 heavy (non-hydrogen) atoms. The van der Waals surface area contributed by atoms with Crippen LogP contribution in [0.2, 0.25) is 0 Å². The number of hydrogen-bond acceptors (Lipinski definition) is 2. The highest BCUT2D eigenvalue weighted by Gasteiger charge is 2.31. The highest BCUT2D eigenvalue weighted by Crippen LogP contribution is 2.28. The summed E-state index contributed by atoms with van der Waals surface area (Å²) in [4.78, 5) is 0. The molecule has 0 bridgehead atoms. The van der Waals surface area contributed by atoms with Gasteiger partial charge in [0.05, 0.1) is 0 Å². The van der Waals surface area contributed by atoms with Gasteiger partial charge in [-0.05, 0) is 25.3 Å². The lowest BCUT2D eigenvalue weighted by Crippen LogP contribution is -2.50. The number of nitrogens with two attached hydrogens (primary N) is 1. The Morgan fingerprint density at radius 3 is 2.33 bits per heavy atom. The molecule has 0 unspecified atom stereocenters. The van der Waals surface area contributed by atoms with Crippen molar-refractivity contribution in [2.45, 2.75) is 45.1 Å². The fourth-order valence-electron chi connectivity index (χ4n) is 1.93. The zero-order valence-electron chi connectivity index (χ0n) is 8.40. The molecule has 1 fully saturated rings. The lowest BCUT2D eigenvalue weighted by molar-refractivity contribution is 0.323. The molecular weight excluding hydrogens is 148 g/mol. The van der Waals surface area contributed by atoms with Gasteiger partial charge in [0.2, 0.25) is 0 Å². The molecule has 0 heterocycles. The number of rotatable bonds is 4. The third-order valence-corrected chi connectivity index (χ3v) is 2.84. The smallest absolute Gasteiger partial charge is 0.0304 e. The van der Waals surface area contributed by atoms with Gasteiger partial charge in [-0.25, -0.2) is 0 Å². The van der Waals surface area contributed by atoms with Gasteiger partial charge in [0.15, 0.2) is 0 Å². The van der Waals surface area contributed by atoms with Crippen molar-refractivity contribution >= 4 is 0 Å². The van der Waals surface area contributed by atoms with Crippen molar-refractivity contribution in [1.29, 1.82) is 0 Å². The minimum atomic E-state index is 0.296. The maximum atomic E-state index is 5.79. The van der Waals surface area contributed by atoms with E-state index in [1.807, 2.05) is 0 Å². The van der Waals surface area contributed by atoms with E-state index in [4.69, 9.17) is 5.73 Å². The molecule has 0 aromatic heterocycles. The van der Waals surface area contributed by atoms with E-state index in [9.17, 15) is 0 Å². The Balaban J connectivity index is 2.34. The Labute approximate surface area is 75.9 Å². The summed E-state index contributed by atoms with van der Waals surface area (Å²) in [6, 6.07) is 0. The second-order valence-corrected chi connectivity index (χ2v) is 4.47. The van der Waals surface area contributed by atoms with Crippen molar-refractivity contribution in [3.8, 4) is 0 Å². The van der Waals surface area contributed by atoms with Crippen LogP contribution >= 0.6 is 0 Å². The fourth-order valence-corrected chi connectivity index (χ4v) is 1.93. The maximum absolute atomic E-state index is 5.79. The Morgan fingerprint density at radius 1 is 1.33 bits per heavy atom. The van der Waals surface area contributed by atoms with Crippen molar-refractivity contribution in [1.82, 2.24) is 5.32 Å². The van der Waals surface area contributed by atoms with Crippen molar-refractivity contribution < 1.29 is 0 Å². The molecule has 0 saturated heterocycles. The number of hydrogen-bond donors (Lipinski definition) is 2. The van der Waals surface area contributed by atoms with Gasteiger partial charge in [0, 0.05) is 12.1 Å². The van der Waals surface area contributed by atoms with Crippen LogP contribution in [-0.4, -0.2) is 18.6 Å². The van der Waals surface area contributed by atoms with Crippen LogP contribution in [0, 0.1) is 5.92 Å². The van der Waals surface area contributed by atoms with E-state index in [0.717, 1.165) is 19.0 Å². The lowest BCUT2D eigenvalue weighted by Gasteiger charge is -2.29. The highest BCUT2D eigenvalue weighted by atomic mass is 15.0. The molecule has 1 saturated carbocycles. The van der Waals surface area contributed by atoms with E-state index >= 15 is 0 Å². The average Bonchev–Trinajstić information content (AvgIpc) is 2.50. The predicted molar refractivity (Wildman–Crippen MR) is 53.1 cm³/mol. The molecule has 3 N–H and O–H groups in total. The summed E-state index contributed by atoms with van der Waals surface area (Å²) >= 11 is 0. The van der Waals surface area contributed by atoms with Crippen LogP contribution in [0.5, 0.6) is 0 Å². The van der Waals surface area contributed by atoms with Crippen molar-refractivity contribution in [3.63, 3.8) is 0 Å². The molecule has 1 aliphatic rings. The largest absolute Gasteiger partial charge is 0.329 e. The summed E-state index contributed by atoms with van der Waals surface area (Å²) in [5, 5.41) is 3.62. The molecule has 0 radical (unpaired) electrons. The summed E-state index contributed by atoms with van der Waals surface area (Å²) in [7, 11) is 0. The van der Waals surface area contributed by atoms with Gasteiger partial charge in [0.25, 0.3) is 0 Å². The number of nitrogens with one attached hydrogen (secondary N) is 1. The van der Waals surface area contributed by atoms with Gasteiger partial charge in [0.1, 0.15) is 0 Å². The van der Waals surface area contributed by atoms with Gasteiger partial charge in [-0.3, -0.25) is 0 Å². The van der Waals surface area contributed by atoms with Gasteiger partial charge in [-0.15, -0.1) is 0 Å². The molecule has 0 spiro atoms. The maximum Gasteiger partial charge on any atom is 0.0304 e. The van der Waals surface area contributed by atoms with Gasteiger partial charge in [-0.1, -0.05) is 26.7 Å². The first-order valence-electron chi connectivity index (χ1n) is 5.14. The van der Waals surface area contributed by atoms with Crippen LogP contribution in [0.4, 0.5) is 0 Å². The molecule has 1 rings (SSSR count). The van der Waals surface area contributed by atoms with Crippen LogP contribution in [-0.2, 0) is 0 Å². The van der Waals surface area contributed by atoms with Gasteiger partial charge < -0.3 is 11.1 Å². The van der Waals surface area contributed by atoms with Crippen molar-refractivity contribution in [3.05, 3.63) is 0 Å². The van der Waals surface area contributed by atoms with Gasteiger partial charge >= 0.3 is 0 Å². The van der Waals surface area contributed by atoms with E-state index in [1.54, 1.807) is 0 Å². The predicted octanol–water partition coefficient (Wildman–Crippen LogP) is 1.50. The van der Waals surface area contributed by atoms with Crippen LogP contribution < -0.4 is 11.1 Å². The molecule has 2 nitrogen and oxygen atoms in total. The minimum Gasteiger partial charge on any atom is -0.329 e. The van der Waals surface area contributed by atoms with Crippen molar-refractivity contribution in [2.75, 3.05) is 13.1 Å². The first-order chi connectivity index (χ1) is 5.68. The van der Waals surface area contributed by atoms with Gasteiger partial charge in [-0.2, -0.15) is 0 Å². The molecule has 0 aromatic rings. The van der Waals surface area contributed by atoms with Crippen LogP contribution in [0.15, 0.2) is 0 Å². The zero-order chi connectivity index (χ0) is 9.03. The third-order valence-electron chi connectivity index (χ3n) is 2.84. The summed E-state index contributed by atoms with van der Waals surface area (Å²) in [5.74, 6) is 0.731. The molecule has 0 aromatic carbocycles. The topological polar surface area (TPSA) is 38.0 Å². The Morgan fingerprint density at radius 2 is 1.92 bits per heavy atom. The fraction of sp³-hybridized carbons (Fsp3) is 1.00. The van der Waals surface area contributed by atoms with E-state index in [1.165, 1.54) is 25.7 Å². The van der Waals surface area contributed by atoms with E-state index in [-0.39, 0.29) is 0 Å². The Bertz CT molecular complexity index is 126. The molecule has 0 amide bonds. The highest BCUT2D eigenvalue weighted by molar-refractivity contribution is 4.93. The van der Waals surface area contributed by atoms with Crippen LogP contribution in [0.1, 0.15) is 39.5 Å². The van der Waals surface area contributed by atoms with Crippen LogP contribution in [0.25, 0.3) is 0 Å². The summed E-state index contributed by atoms with van der Waals surface area (Å²) in [6.07, 6.45) is 5.25. The second-order valence-electron chi connectivity index (χ2n) is 4.47. The molecule has 0 aliphatic heterocycles. The summed E-state index contributed by atoms with van der Waals surface area (Å²) in [6.45, 7) is 6.40. The summed E-state index contributed by atoms with van der Waals surface area (Å²) < 4.78 is 0. The molecule has 72 valence electrons. The second kappa shape index (κ2) is 4.24. The quantitative estimate of drug-likeness (QED) is 0.671. The van der Waals surface area contributed by atoms with E-state index in [2.05, 4.69) is 19.2 Å². The first-order valence-corrected chi connectivity index (χ1v) is 5.14. The Kier molecular flexibility index (Phi) is 3.53. The molecular formula is C10H22N2. The van der Waals surface area contributed by atoms with E-state index < -0.39 is 0 Å². The lowest BCUT2D eigenvalue weighted by atomic mass is 9.97. The zero-order valence-corrected chi connectivity index (χ0v) is 8.40. The average molecular weight is 170 g/mol. The standard InChI is InChI=1S/C10H22N2/c1-9(2)7-12-10(8-11)5-3-4-6-10/h9,12H,3-8,11H2,1-2H3. The van der Waals surface area contributed by atoms with Crippen molar-refractivity contribution in [2.24, 2.45) is 11.7 Å². The monoisotopic (exact) mass is 170 g/mol. The van der Waals surface area contributed by atoms with Crippen LogP contribution in [0.3, 0.4) is 0 Å². The molecule has 1 aliphatic carbocycles.